The average Bonchev–Trinajstić information content (AvgIpc) is 2.69. The maximum absolute atomic E-state index is 14.4. The van der Waals surface area contributed by atoms with Gasteiger partial charge in [0, 0.05) is 36.3 Å². The number of aromatic nitrogens is 2. The number of fused-ring (bicyclic) bond motifs is 1. The van der Waals surface area contributed by atoms with Gasteiger partial charge in [-0.25, -0.2) is 9.37 Å². The molecule has 0 unspecified atom stereocenters. The quantitative estimate of drug-likeness (QED) is 0.669. The molecule has 29 heavy (non-hydrogen) atoms. The number of H-pyrrole nitrogens is 1. The summed E-state index contributed by atoms with van der Waals surface area (Å²) in [5.41, 5.74) is 0.355. The molecular formula is C21H17F4N3O. The van der Waals surface area contributed by atoms with E-state index in [1.165, 1.54) is 12.1 Å². The number of rotatable bonds is 3. The van der Waals surface area contributed by atoms with Crippen LogP contribution >= 0.6 is 0 Å². The summed E-state index contributed by atoms with van der Waals surface area (Å²) in [5.74, 6) is -0.823. The van der Waals surface area contributed by atoms with Gasteiger partial charge in [0.2, 0.25) is 0 Å². The zero-order valence-electron chi connectivity index (χ0n) is 15.3. The van der Waals surface area contributed by atoms with Gasteiger partial charge in [0.15, 0.2) is 0 Å². The van der Waals surface area contributed by atoms with E-state index in [0.29, 0.717) is 30.0 Å². The van der Waals surface area contributed by atoms with Crippen molar-refractivity contribution in [3.8, 4) is 11.4 Å². The minimum Gasteiger partial charge on any atom is -0.306 e. The number of aromatic amines is 1. The number of nitrogens with zero attached hydrogens (tertiary/aromatic N) is 2. The zero-order chi connectivity index (χ0) is 20.6. The Morgan fingerprint density at radius 1 is 1.07 bits per heavy atom. The van der Waals surface area contributed by atoms with Crippen LogP contribution in [0.1, 0.15) is 22.4 Å². The van der Waals surface area contributed by atoms with Crippen LogP contribution in [-0.2, 0) is 25.7 Å². The molecule has 1 aromatic heterocycles. The van der Waals surface area contributed by atoms with E-state index in [0.717, 1.165) is 11.6 Å². The molecule has 0 saturated carbocycles. The summed E-state index contributed by atoms with van der Waals surface area (Å²) >= 11 is 0. The molecule has 0 saturated heterocycles. The molecule has 150 valence electrons. The number of nitrogens with one attached hydrogen (secondary N) is 1. The van der Waals surface area contributed by atoms with Crippen molar-refractivity contribution in [1.82, 2.24) is 14.9 Å². The van der Waals surface area contributed by atoms with Crippen molar-refractivity contribution in [1.29, 1.82) is 0 Å². The number of hydrogen-bond acceptors (Lipinski definition) is 3. The van der Waals surface area contributed by atoms with E-state index in [1.54, 1.807) is 4.90 Å². The smallest absolute Gasteiger partial charge is 0.306 e. The van der Waals surface area contributed by atoms with E-state index >= 15 is 0 Å². The second kappa shape index (κ2) is 7.44. The minimum absolute atomic E-state index is 0.00431. The molecule has 8 heteroatoms. The monoisotopic (exact) mass is 403 g/mol. The molecule has 0 bridgehead atoms. The topological polar surface area (TPSA) is 49.0 Å². The van der Waals surface area contributed by atoms with Crippen molar-refractivity contribution in [3.63, 3.8) is 0 Å². The Bertz CT molecular complexity index is 1090. The van der Waals surface area contributed by atoms with Gasteiger partial charge in [0.05, 0.1) is 11.3 Å². The van der Waals surface area contributed by atoms with Crippen molar-refractivity contribution in [2.75, 3.05) is 6.54 Å². The van der Waals surface area contributed by atoms with Crippen LogP contribution in [0, 0.1) is 5.82 Å². The van der Waals surface area contributed by atoms with Gasteiger partial charge in [0.25, 0.3) is 5.56 Å². The average molecular weight is 403 g/mol. The van der Waals surface area contributed by atoms with E-state index in [2.05, 4.69) is 9.97 Å². The Hall–Kier alpha value is -3.00. The maximum Gasteiger partial charge on any atom is 0.419 e. The summed E-state index contributed by atoms with van der Waals surface area (Å²) in [6.07, 6.45) is -4.35. The van der Waals surface area contributed by atoms with E-state index < -0.39 is 17.6 Å². The lowest BCUT2D eigenvalue weighted by Crippen LogP contribution is -2.35. The van der Waals surface area contributed by atoms with Gasteiger partial charge in [-0.3, -0.25) is 9.69 Å². The Kier molecular flexibility index (Phi) is 4.96. The predicted octanol–water partition coefficient (Wildman–Crippen LogP) is 4.15. The van der Waals surface area contributed by atoms with Gasteiger partial charge in [-0.05, 0) is 12.5 Å². The molecule has 1 N–H and O–H groups in total. The van der Waals surface area contributed by atoms with Crippen molar-refractivity contribution in [3.05, 3.63) is 87.1 Å². The van der Waals surface area contributed by atoms with Crippen LogP contribution in [-0.4, -0.2) is 21.4 Å². The molecule has 0 spiro atoms. The molecule has 0 aliphatic carbocycles. The predicted molar refractivity (Wildman–Crippen MR) is 99.5 cm³/mol. The molecule has 0 amide bonds. The van der Waals surface area contributed by atoms with Crippen molar-refractivity contribution in [2.24, 2.45) is 0 Å². The largest absolute Gasteiger partial charge is 0.419 e. The fraction of sp³-hybridized carbons (Fsp3) is 0.238. The lowest BCUT2D eigenvalue weighted by atomic mass is 10.0. The molecule has 1 aliphatic rings. The standard InChI is InChI=1S/C21H17F4N3O/c22-18-14(7-4-8-16(18)21(23,24)25)11-28-10-9-15-17(12-28)26-19(27-20(15)29)13-5-2-1-3-6-13/h1-8H,9-12H2,(H,26,27,29). The molecule has 1 aliphatic heterocycles. The highest BCUT2D eigenvalue weighted by molar-refractivity contribution is 5.54. The minimum atomic E-state index is -4.74. The molecule has 4 rings (SSSR count). The fourth-order valence-corrected chi connectivity index (χ4v) is 3.52. The normalized spacial score (nSPS) is 14.6. The molecule has 0 atom stereocenters. The second-order valence-electron chi connectivity index (χ2n) is 6.94. The van der Waals surface area contributed by atoms with Gasteiger partial charge >= 0.3 is 6.18 Å². The molecule has 3 aromatic rings. The number of halogens is 4. The summed E-state index contributed by atoms with van der Waals surface area (Å²) in [6.45, 7) is 0.692. The van der Waals surface area contributed by atoms with Crippen LogP contribution in [0.2, 0.25) is 0 Å². The number of hydrogen-bond donors (Lipinski definition) is 1. The van der Waals surface area contributed by atoms with Crippen molar-refractivity contribution >= 4 is 0 Å². The van der Waals surface area contributed by atoms with E-state index in [4.69, 9.17) is 0 Å². The first-order valence-corrected chi connectivity index (χ1v) is 9.07. The van der Waals surface area contributed by atoms with Crippen LogP contribution in [0.25, 0.3) is 11.4 Å². The van der Waals surface area contributed by atoms with Crippen molar-refractivity contribution in [2.45, 2.75) is 25.7 Å². The summed E-state index contributed by atoms with van der Waals surface area (Å²) in [4.78, 5) is 21.6. The highest BCUT2D eigenvalue weighted by Crippen LogP contribution is 2.33. The van der Waals surface area contributed by atoms with Crippen LogP contribution in [0.3, 0.4) is 0 Å². The SMILES string of the molecule is O=c1[nH]c(-c2ccccc2)nc2c1CCN(Cc1cccc(C(F)(F)F)c1F)C2. The number of alkyl halides is 3. The molecule has 2 heterocycles. The molecule has 4 nitrogen and oxygen atoms in total. The number of benzene rings is 2. The third-order valence-corrected chi connectivity index (χ3v) is 4.98. The van der Waals surface area contributed by atoms with Gasteiger partial charge in [-0.1, -0.05) is 42.5 Å². The lowest BCUT2D eigenvalue weighted by molar-refractivity contribution is -0.140. The highest BCUT2D eigenvalue weighted by Gasteiger charge is 2.35. The van der Waals surface area contributed by atoms with Gasteiger partial charge < -0.3 is 4.98 Å². The Balaban J connectivity index is 1.61. The summed E-state index contributed by atoms with van der Waals surface area (Å²) < 4.78 is 53.2. The second-order valence-corrected chi connectivity index (χ2v) is 6.94. The van der Waals surface area contributed by atoms with Gasteiger partial charge in [0.1, 0.15) is 11.6 Å². The van der Waals surface area contributed by atoms with Gasteiger partial charge in [-0.2, -0.15) is 13.2 Å². The van der Waals surface area contributed by atoms with Crippen molar-refractivity contribution < 1.29 is 17.6 Å². The fourth-order valence-electron chi connectivity index (χ4n) is 3.52. The first kappa shape index (κ1) is 19.3. The van der Waals surface area contributed by atoms with E-state index in [9.17, 15) is 22.4 Å². The van der Waals surface area contributed by atoms with Crippen LogP contribution < -0.4 is 5.56 Å². The first-order valence-electron chi connectivity index (χ1n) is 9.07. The van der Waals surface area contributed by atoms with Gasteiger partial charge in [-0.15, -0.1) is 0 Å². The zero-order valence-corrected chi connectivity index (χ0v) is 15.3. The molecule has 0 radical (unpaired) electrons. The molecule has 0 fully saturated rings. The highest BCUT2D eigenvalue weighted by atomic mass is 19.4. The van der Waals surface area contributed by atoms with E-state index in [1.807, 2.05) is 30.3 Å². The lowest BCUT2D eigenvalue weighted by Gasteiger charge is -2.28. The summed E-state index contributed by atoms with van der Waals surface area (Å²) in [5, 5.41) is 0. The summed E-state index contributed by atoms with van der Waals surface area (Å²) in [7, 11) is 0. The van der Waals surface area contributed by atoms with Crippen LogP contribution in [0.5, 0.6) is 0 Å². The molecule has 2 aromatic carbocycles. The van der Waals surface area contributed by atoms with E-state index in [-0.39, 0.29) is 24.2 Å². The first-order chi connectivity index (χ1) is 13.8. The van der Waals surface area contributed by atoms with Crippen LogP contribution in [0.15, 0.2) is 53.3 Å². The Labute approximate surface area is 163 Å². The Morgan fingerprint density at radius 2 is 1.83 bits per heavy atom. The molecular weight excluding hydrogens is 386 g/mol. The third kappa shape index (κ3) is 3.93. The maximum atomic E-state index is 14.4. The summed E-state index contributed by atoms with van der Waals surface area (Å²) in [6, 6.07) is 12.4. The Morgan fingerprint density at radius 3 is 2.55 bits per heavy atom. The van der Waals surface area contributed by atoms with Crippen LogP contribution in [0.4, 0.5) is 17.6 Å². The third-order valence-electron chi connectivity index (χ3n) is 4.98.